The van der Waals surface area contributed by atoms with Crippen LogP contribution in [0, 0.1) is 24.4 Å². The normalized spacial score (nSPS) is 10.7. The van der Waals surface area contributed by atoms with Gasteiger partial charge < -0.3 is 0 Å². The molecular formula is C17H11F3N2OS. The van der Waals surface area contributed by atoms with Crippen LogP contribution in [0.5, 0.6) is 0 Å². The maximum Gasteiger partial charge on any atom is 0.263 e. The molecule has 3 aromatic rings. The van der Waals surface area contributed by atoms with Crippen LogP contribution in [0.4, 0.5) is 18.3 Å². The highest BCUT2D eigenvalue weighted by molar-refractivity contribution is 7.16. The van der Waals surface area contributed by atoms with Crippen molar-refractivity contribution in [3.05, 3.63) is 70.4 Å². The van der Waals surface area contributed by atoms with Gasteiger partial charge in [-0.25, -0.2) is 18.2 Å². The van der Waals surface area contributed by atoms with Crippen LogP contribution in [0.15, 0.2) is 42.5 Å². The van der Waals surface area contributed by atoms with Crippen molar-refractivity contribution in [3.63, 3.8) is 0 Å². The fraction of sp³-hybridized carbons (Fsp3) is 0.0588. The molecular weight excluding hydrogens is 337 g/mol. The molecule has 0 saturated carbocycles. The summed E-state index contributed by atoms with van der Waals surface area (Å²) in [5, 5.41) is 2.60. The monoisotopic (exact) mass is 348 g/mol. The number of nitrogens with one attached hydrogen (secondary N) is 1. The Morgan fingerprint density at radius 1 is 1.04 bits per heavy atom. The van der Waals surface area contributed by atoms with Gasteiger partial charge in [0.15, 0.2) is 5.13 Å². The average molecular weight is 348 g/mol. The number of benzene rings is 2. The maximum atomic E-state index is 13.6. The highest BCUT2D eigenvalue weighted by Crippen LogP contribution is 2.30. The number of carbonyl (C=O) groups is 1. The molecule has 122 valence electrons. The van der Waals surface area contributed by atoms with Crippen molar-refractivity contribution < 1.29 is 18.0 Å². The van der Waals surface area contributed by atoms with Crippen LogP contribution in [0.25, 0.3) is 11.3 Å². The standard InChI is InChI=1S/C17H11F3N2OS/c1-9-15(10-5-7-11(18)8-6-10)21-17(24-9)22-16(23)14-12(19)3-2-4-13(14)20/h2-8H,1H3,(H,21,22,23). The lowest BCUT2D eigenvalue weighted by Gasteiger charge is -2.04. The Balaban J connectivity index is 1.88. The van der Waals surface area contributed by atoms with Crippen LogP contribution in [-0.2, 0) is 0 Å². The molecule has 1 aromatic heterocycles. The van der Waals surface area contributed by atoms with E-state index in [1.807, 2.05) is 0 Å². The first-order chi connectivity index (χ1) is 11.5. The second-order valence-corrected chi connectivity index (χ2v) is 6.18. The number of thiazole rings is 1. The first-order valence-corrected chi connectivity index (χ1v) is 7.76. The van der Waals surface area contributed by atoms with Gasteiger partial charge in [-0.2, -0.15) is 0 Å². The first kappa shape index (κ1) is 16.2. The first-order valence-electron chi connectivity index (χ1n) is 6.94. The van der Waals surface area contributed by atoms with Crippen molar-refractivity contribution in [2.75, 3.05) is 5.32 Å². The van der Waals surface area contributed by atoms with E-state index >= 15 is 0 Å². The third-order valence-electron chi connectivity index (χ3n) is 3.32. The second-order valence-electron chi connectivity index (χ2n) is 4.98. The van der Waals surface area contributed by atoms with Gasteiger partial charge >= 0.3 is 0 Å². The lowest BCUT2D eigenvalue weighted by molar-refractivity contribution is 0.101. The van der Waals surface area contributed by atoms with E-state index in [2.05, 4.69) is 10.3 Å². The van der Waals surface area contributed by atoms with Gasteiger partial charge in [0.2, 0.25) is 0 Å². The highest BCUT2D eigenvalue weighted by atomic mass is 32.1. The Bertz CT molecular complexity index is 886. The molecule has 2 aromatic carbocycles. The van der Waals surface area contributed by atoms with Gasteiger partial charge in [0.05, 0.1) is 5.69 Å². The molecule has 1 heterocycles. The van der Waals surface area contributed by atoms with E-state index in [9.17, 15) is 18.0 Å². The molecule has 0 spiro atoms. The molecule has 3 rings (SSSR count). The maximum absolute atomic E-state index is 13.6. The minimum Gasteiger partial charge on any atom is -0.298 e. The van der Waals surface area contributed by atoms with E-state index < -0.39 is 23.1 Å². The van der Waals surface area contributed by atoms with Crippen LogP contribution in [0.2, 0.25) is 0 Å². The fourth-order valence-electron chi connectivity index (χ4n) is 2.20. The lowest BCUT2D eigenvalue weighted by Crippen LogP contribution is -2.15. The Morgan fingerprint density at radius 2 is 1.67 bits per heavy atom. The number of anilines is 1. The summed E-state index contributed by atoms with van der Waals surface area (Å²) < 4.78 is 40.3. The van der Waals surface area contributed by atoms with Gasteiger partial charge in [-0.1, -0.05) is 6.07 Å². The van der Waals surface area contributed by atoms with Crippen molar-refractivity contribution in [2.24, 2.45) is 0 Å². The van der Waals surface area contributed by atoms with Crippen LogP contribution < -0.4 is 5.32 Å². The molecule has 0 saturated heterocycles. The number of aromatic nitrogens is 1. The largest absolute Gasteiger partial charge is 0.298 e. The van der Waals surface area contributed by atoms with Crippen molar-refractivity contribution in [3.8, 4) is 11.3 Å². The zero-order valence-electron chi connectivity index (χ0n) is 12.4. The molecule has 7 heteroatoms. The fourth-order valence-corrected chi connectivity index (χ4v) is 3.03. The number of rotatable bonds is 3. The number of amides is 1. The zero-order valence-corrected chi connectivity index (χ0v) is 13.3. The predicted octanol–water partition coefficient (Wildman–Crippen LogP) is 4.79. The molecule has 1 N–H and O–H groups in total. The summed E-state index contributed by atoms with van der Waals surface area (Å²) in [6, 6.07) is 8.95. The number of aryl methyl sites for hydroxylation is 1. The Hall–Kier alpha value is -2.67. The molecule has 24 heavy (non-hydrogen) atoms. The van der Waals surface area contributed by atoms with Crippen molar-refractivity contribution in [1.29, 1.82) is 0 Å². The summed E-state index contributed by atoms with van der Waals surface area (Å²) in [7, 11) is 0. The molecule has 0 bridgehead atoms. The van der Waals surface area contributed by atoms with Gasteiger partial charge in [-0.15, -0.1) is 11.3 Å². The second kappa shape index (κ2) is 6.45. The smallest absolute Gasteiger partial charge is 0.263 e. The van der Waals surface area contributed by atoms with Gasteiger partial charge in [-0.3, -0.25) is 10.1 Å². The molecule has 0 atom stereocenters. The number of halogens is 3. The third-order valence-corrected chi connectivity index (χ3v) is 4.21. The van der Waals surface area contributed by atoms with Gasteiger partial charge in [0.1, 0.15) is 23.0 Å². The number of nitrogens with zero attached hydrogens (tertiary/aromatic N) is 1. The molecule has 0 aliphatic carbocycles. The Morgan fingerprint density at radius 3 is 2.29 bits per heavy atom. The number of hydrogen-bond donors (Lipinski definition) is 1. The zero-order chi connectivity index (χ0) is 17.3. The number of hydrogen-bond acceptors (Lipinski definition) is 3. The average Bonchev–Trinajstić information content (AvgIpc) is 2.88. The molecule has 0 unspecified atom stereocenters. The third kappa shape index (κ3) is 3.16. The quantitative estimate of drug-likeness (QED) is 0.739. The Kier molecular flexibility index (Phi) is 4.35. The molecule has 0 fully saturated rings. The topological polar surface area (TPSA) is 42.0 Å². The predicted molar refractivity (Wildman–Crippen MR) is 86.6 cm³/mol. The van der Waals surface area contributed by atoms with E-state index in [4.69, 9.17) is 0 Å². The summed E-state index contributed by atoms with van der Waals surface area (Å²) >= 11 is 1.17. The summed E-state index contributed by atoms with van der Waals surface area (Å²) in [5.41, 5.74) is 0.598. The van der Waals surface area contributed by atoms with Crippen LogP contribution >= 0.6 is 11.3 Å². The molecule has 0 aliphatic heterocycles. The van der Waals surface area contributed by atoms with Gasteiger partial charge in [0.25, 0.3) is 5.91 Å². The molecule has 0 aliphatic rings. The van der Waals surface area contributed by atoms with E-state index in [1.54, 1.807) is 19.1 Å². The summed E-state index contributed by atoms with van der Waals surface area (Å²) in [6.45, 7) is 1.79. The van der Waals surface area contributed by atoms with Crippen molar-refractivity contribution >= 4 is 22.4 Å². The van der Waals surface area contributed by atoms with E-state index in [1.165, 1.54) is 29.5 Å². The lowest BCUT2D eigenvalue weighted by atomic mass is 10.1. The van der Waals surface area contributed by atoms with Crippen molar-refractivity contribution in [2.45, 2.75) is 6.92 Å². The van der Waals surface area contributed by atoms with Gasteiger partial charge in [-0.05, 0) is 43.3 Å². The summed E-state index contributed by atoms with van der Waals surface area (Å²) in [6.07, 6.45) is 0. The highest BCUT2D eigenvalue weighted by Gasteiger charge is 2.19. The van der Waals surface area contributed by atoms with Crippen LogP contribution in [0.1, 0.15) is 15.2 Å². The van der Waals surface area contributed by atoms with Crippen molar-refractivity contribution in [1.82, 2.24) is 4.98 Å². The SMILES string of the molecule is Cc1sc(NC(=O)c2c(F)cccc2F)nc1-c1ccc(F)cc1. The number of carbonyl (C=O) groups excluding carboxylic acids is 1. The molecule has 1 amide bonds. The molecule has 0 radical (unpaired) electrons. The summed E-state index contributed by atoms with van der Waals surface area (Å²) in [4.78, 5) is 17.1. The van der Waals surface area contributed by atoms with E-state index in [0.717, 1.165) is 17.0 Å². The Labute approximate surface area is 139 Å². The minimum absolute atomic E-state index is 0.208. The van der Waals surface area contributed by atoms with E-state index in [-0.39, 0.29) is 10.9 Å². The summed E-state index contributed by atoms with van der Waals surface area (Å²) in [5.74, 6) is -3.17. The molecule has 3 nitrogen and oxygen atoms in total. The van der Waals surface area contributed by atoms with E-state index in [0.29, 0.717) is 11.3 Å². The van der Waals surface area contributed by atoms with Crippen LogP contribution in [-0.4, -0.2) is 10.9 Å². The minimum atomic E-state index is -0.945. The van der Waals surface area contributed by atoms with Crippen LogP contribution in [0.3, 0.4) is 0 Å². The van der Waals surface area contributed by atoms with Gasteiger partial charge in [0, 0.05) is 10.4 Å².